The number of aliphatic hydroxyl groups excluding tert-OH is 1. The molecule has 1 unspecified atom stereocenters. The summed E-state index contributed by atoms with van der Waals surface area (Å²) >= 11 is 0. The highest BCUT2D eigenvalue weighted by molar-refractivity contribution is 5.78. The van der Waals surface area contributed by atoms with Crippen LogP contribution in [0.3, 0.4) is 0 Å². The van der Waals surface area contributed by atoms with E-state index in [0.29, 0.717) is 13.1 Å². The SMILES string of the molecule is COc1ccc(CN(C)C(=O)CN2CCC(CO)C2)cc1F. The first kappa shape index (κ1) is 16.7. The fourth-order valence-corrected chi connectivity index (χ4v) is 2.69. The van der Waals surface area contributed by atoms with Gasteiger partial charge in [-0.15, -0.1) is 0 Å². The summed E-state index contributed by atoms with van der Waals surface area (Å²) in [6.07, 6.45) is 0.928. The molecule has 0 aliphatic carbocycles. The number of carbonyl (C=O) groups excluding carboxylic acids is 1. The molecule has 1 fully saturated rings. The molecule has 5 nitrogen and oxygen atoms in total. The molecule has 0 aromatic heterocycles. The summed E-state index contributed by atoms with van der Waals surface area (Å²) in [5, 5.41) is 9.12. The lowest BCUT2D eigenvalue weighted by atomic mass is 10.1. The van der Waals surface area contributed by atoms with Crippen molar-refractivity contribution in [3.63, 3.8) is 0 Å². The lowest BCUT2D eigenvalue weighted by molar-refractivity contribution is -0.131. The van der Waals surface area contributed by atoms with Crippen LogP contribution in [0.1, 0.15) is 12.0 Å². The zero-order valence-corrected chi connectivity index (χ0v) is 13.1. The lowest BCUT2D eigenvalue weighted by Crippen LogP contribution is -2.37. The number of aliphatic hydroxyl groups is 1. The Hall–Kier alpha value is -1.66. The van der Waals surface area contributed by atoms with Crippen LogP contribution in [0.4, 0.5) is 4.39 Å². The van der Waals surface area contributed by atoms with Gasteiger partial charge < -0.3 is 14.7 Å². The van der Waals surface area contributed by atoms with Crippen molar-refractivity contribution in [2.45, 2.75) is 13.0 Å². The van der Waals surface area contributed by atoms with E-state index in [1.165, 1.54) is 13.2 Å². The summed E-state index contributed by atoms with van der Waals surface area (Å²) in [6.45, 7) is 2.46. The third-order valence-electron chi connectivity index (χ3n) is 4.05. The highest BCUT2D eigenvalue weighted by Crippen LogP contribution is 2.19. The number of nitrogens with zero attached hydrogens (tertiary/aromatic N) is 2. The third-order valence-corrected chi connectivity index (χ3v) is 4.05. The van der Waals surface area contributed by atoms with Gasteiger partial charge in [0, 0.05) is 26.7 Å². The van der Waals surface area contributed by atoms with Gasteiger partial charge in [0.2, 0.25) is 5.91 Å². The van der Waals surface area contributed by atoms with E-state index in [9.17, 15) is 9.18 Å². The van der Waals surface area contributed by atoms with Gasteiger partial charge in [0.25, 0.3) is 0 Å². The van der Waals surface area contributed by atoms with Crippen molar-refractivity contribution in [2.75, 3.05) is 40.4 Å². The molecule has 1 saturated heterocycles. The molecule has 122 valence electrons. The number of hydrogen-bond acceptors (Lipinski definition) is 4. The summed E-state index contributed by atoms with van der Waals surface area (Å²) in [6, 6.07) is 4.71. The Bertz CT molecular complexity index is 524. The molecule has 1 aromatic rings. The summed E-state index contributed by atoms with van der Waals surface area (Å²) in [7, 11) is 3.13. The van der Waals surface area contributed by atoms with Crippen molar-refractivity contribution in [3.05, 3.63) is 29.6 Å². The van der Waals surface area contributed by atoms with Crippen LogP contribution in [-0.2, 0) is 11.3 Å². The predicted octanol–water partition coefficient (Wildman–Crippen LogP) is 1.11. The zero-order chi connectivity index (χ0) is 16.1. The number of methoxy groups -OCH3 is 1. The molecule has 1 heterocycles. The highest BCUT2D eigenvalue weighted by atomic mass is 19.1. The first-order chi connectivity index (χ1) is 10.5. The Morgan fingerprint density at radius 1 is 1.55 bits per heavy atom. The van der Waals surface area contributed by atoms with Crippen LogP contribution in [0.15, 0.2) is 18.2 Å². The first-order valence-electron chi connectivity index (χ1n) is 7.43. The van der Waals surface area contributed by atoms with Gasteiger partial charge in [-0.3, -0.25) is 9.69 Å². The van der Waals surface area contributed by atoms with Gasteiger partial charge in [-0.25, -0.2) is 4.39 Å². The molecule has 0 spiro atoms. The smallest absolute Gasteiger partial charge is 0.236 e. The fraction of sp³-hybridized carbons (Fsp3) is 0.562. The lowest BCUT2D eigenvalue weighted by Gasteiger charge is -2.22. The van der Waals surface area contributed by atoms with Gasteiger partial charge in [-0.1, -0.05) is 6.07 Å². The number of amides is 1. The van der Waals surface area contributed by atoms with Crippen LogP contribution in [0.25, 0.3) is 0 Å². The second-order valence-electron chi connectivity index (χ2n) is 5.79. The Kier molecular flexibility index (Phi) is 5.74. The quantitative estimate of drug-likeness (QED) is 0.855. The minimum Gasteiger partial charge on any atom is -0.494 e. The third kappa shape index (κ3) is 4.18. The van der Waals surface area contributed by atoms with E-state index in [0.717, 1.165) is 25.1 Å². The van der Waals surface area contributed by atoms with Crippen LogP contribution in [0, 0.1) is 11.7 Å². The van der Waals surface area contributed by atoms with Crippen molar-refractivity contribution >= 4 is 5.91 Å². The molecule has 1 aliphatic rings. The van der Waals surface area contributed by atoms with Crippen molar-refractivity contribution in [1.82, 2.24) is 9.80 Å². The minimum absolute atomic E-state index is 0.00480. The van der Waals surface area contributed by atoms with E-state index < -0.39 is 5.82 Å². The molecule has 2 rings (SSSR count). The summed E-state index contributed by atoms with van der Waals surface area (Å²) in [5.74, 6) is 0.0413. The van der Waals surface area contributed by atoms with Gasteiger partial charge >= 0.3 is 0 Å². The Morgan fingerprint density at radius 3 is 2.91 bits per heavy atom. The number of likely N-dealkylation sites (tertiary alicyclic amines) is 1. The van der Waals surface area contributed by atoms with Crippen molar-refractivity contribution in [1.29, 1.82) is 0 Å². The maximum absolute atomic E-state index is 13.7. The number of hydrogen-bond donors (Lipinski definition) is 1. The number of ether oxygens (including phenoxy) is 1. The van der Waals surface area contributed by atoms with Gasteiger partial charge in [0.05, 0.1) is 13.7 Å². The first-order valence-corrected chi connectivity index (χ1v) is 7.43. The average Bonchev–Trinajstić information content (AvgIpc) is 2.95. The van der Waals surface area contributed by atoms with Gasteiger partial charge in [0.15, 0.2) is 11.6 Å². The van der Waals surface area contributed by atoms with Crippen LogP contribution in [0.5, 0.6) is 5.75 Å². The number of halogens is 1. The van der Waals surface area contributed by atoms with E-state index in [1.54, 1.807) is 24.1 Å². The van der Waals surface area contributed by atoms with Crippen molar-refractivity contribution in [2.24, 2.45) is 5.92 Å². The predicted molar refractivity (Wildman–Crippen MR) is 81.1 cm³/mol. The Labute approximate surface area is 130 Å². The molecule has 1 aliphatic heterocycles. The standard InChI is InChI=1S/C16H23FN2O3/c1-18(8-12-3-4-15(22-2)14(17)7-12)16(21)10-19-6-5-13(9-19)11-20/h3-4,7,13,20H,5-6,8-11H2,1-2H3. The van der Waals surface area contributed by atoms with Crippen LogP contribution in [0.2, 0.25) is 0 Å². The normalized spacial score (nSPS) is 18.5. The molecule has 1 atom stereocenters. The molecule has 22 heavy (non-hydrogen) atoms. The second-order valence-corrected chi connectivity index (χ2v) is 5.79. The van der Waals surface area contributed by atoms with Crippen LogP contribution in [-0.4, -0.2) is 61.2 Å². The fourth-order valence-electron chi connectivity index (χ4n) is 2.69. The maximum Gasteiger partial charge on any atom is 0.236 e. The largest absolute Gasteiger partial charge is 0.494 e. The number of carbonyl (C=O) groups is 1. The van der Waals surface area contributed by atoms with Gasteiger partial charge in [0.1, 0.15) is 0 Å². The number of benzene rings is 1. The monoisotopic (exact) mass is 310 g/mol. The van der Waals surface area contributed by atoms with E-state index in [4.69, 9.17) is 9.84 Å². The maximum atomic E-state index is 13.7. The average molecular weight is 310 g/mol. The van der Waals surface area contributed by atoms with E-state index >= 15 is 0 Å². The van der Waals surface area contributed by atoms with Crippen molar-refractivity contribution in [3.8, 4) is 5.75 Å². The van der Waals surface area contributed by atoms with Crippen LogP contribution >= 0.6 is 0 Å². The topological polar surface area (TPSA) is 53.0 Å². The second kappa shape index (κ2) is 7.56. The summed E-state index contributed by atoms with van der Waals surface area (Å²) < 4.78 is 18.5. The minimum atomic E-state index is -0.425. The molecule has 0 bridgehead atoms. The molecule has 0 radical (unpaired) electrons. The van der Waals surface area contributed by atoms with Gasteiger partial charge in [-0.05, 0) is 36.6 Å². The van der Waals surface area contributed by atoms with Crippen LogP contribution < -0.4 is 4.74 Å². The number of rotatable bonds is 6. The molecule has 1 N–H and O–H groups in total. The Balaban J connectivity index is 1.87. The zero-order valence-electron chi connectivity index (χ0n) is 13.1. The van der Waals surface area contributed by atoms with Gasteiger partial charge in [-0.2, -0.15) is 0 Å². The molecular formula is C16H23FN2O3. The Morgan fingerprint density at radius 2 is 2.32 bits per heavy atom. The van der Waals surface area contributed by atoms with E-state index in [1.807, 2.05) is 4.90 Å². The molecular weight excluding hydrogens is 287 g/mol. The molecule has 1 aromatic carbocycles. The summed E-state index contributed by atoms with van der Waals surface area (Å²) in [5.41, 5.74) is 0.726. The highest BCUT2D eigenvalue weighted by Gasteiger charge is 2.24. The molecule has 6 heteroatoms. The van der Waals surface area contributed by atoms with Crippen molar-refractivity contribution < 1.29 is 19.0 Å². The summed E-state index contributed by atoms with van der Waals surface area (Å²) in [4.78, 5) is 15.9. The van der Waals surface area contributed by atoms with E-state index in [-0.39, 0.29) is 24.2 Å². The van der Waals surface area contributed by atoms with E-state index in [2.05, 4.69) is 0 Å². The molecule has 1 amide bonds. The number of likely N-dealkylation sites (N-methyl/N-ethyl adjacent to an activating group) is 1. The molecule has 0 saturated carbocycles.